The minimum atomic E-state index is -4.48. The number of hydrogen-bond donors (Lipinski definition) is 0. The summed E-state index contributed by atoms with van der Waals surface area (Å²) in [5.74, 6) is 0.441. The molecule has 5 heterocycles. The van der Waals surface area contributed by atoms with Gasteiger partial charge in [0.15, 0.2) is 5.65 Å². The molecule has 0 amide bonds. The Labute approximate surface area is 173 Å². The fourth-order valence-corrected chi connectivity index (χ4v) is 4.36. The van der Waals surface area contributed by atoms with E-state index in [-0.39, 0.29) is 5.41 Å². The van der Waals surface area contributed by atoms with Gasteiger partial charge >= 0.3 is 6.18 Å². The predicted octanol–water partition coefficient (Wildman–Crippen LogP) is 3.22. The third kappa shape index (κ3) is 3.63. The van der Waals surface area contributed by atoms with E-state index >= 15 is 0 Å². The predicted molar refractivity (Wildman–Crippen MR) is 102 cm³/mol. The van der Waals surface area contributed by atoms with E-state index in [1.807, 2.05) is 9.80 Å². The fourth-order valence-electron chi connectivity index (χ4n) is 4.36. The molecule has 0 aliphatic carbocycles. The minimum absolute atomic E-state index is 0.0663. The molecule has 2 aliphatic heterocycles. The van der Waals surface area contributed by atoms with Gasteiger partial charge in [0, 0.05) is 49.7 Å². The fraction of sp³-hybridized carbons (Fsp3) is 0.474. The van der Waals surface area contributed by atoms with Gasteiger partial charge in [-0.1, -0.05) is 0 Å². The Kier molecular flexibility index (Phi) is 4.48. The number of hydrogen-bond acceptors (Lipinski definition) is 6. The number of fused-ring (bicyclic) bond motifs is 1. The van der Waals surface area contributed by atoms with Gasteiger partial charge in [-0.3, -0.25) is 4.98 Å². The molecule has 2 saturated heterocycles. The maximum Gasteiger partial charge on any atom is 0.433 e. The average molecular weight is 439 g/mol. The van der Waals surface area contributed by atoms with E-state index in [9.17, 15) is 22.0 Å². The lowest BCUT2D eigenvalue weighted by Gasteiger charge is -2.48. The van der Waals surface area contributed by atoms with Crippen molar-refractivity contribution in [3.8, 4) is 0 Å². The van der Waals surface area contributed by atoms with Crippen molar-refractivity contribution in [2.24, 2.45) is 5.41 Å². The number of nitrogens with zero attached hydrogens (tertiary/aromatic N) is 7. The number of halogens is 5. The Morgan fingerprint density at radius 1 is 1.06 bits per heavy atom. The van der Waals surface area contributed by atoms with E-state index in [0.29, 0.717) is 48.8 Å². The number of aromatic nitrogens is 5. The molecule has 3 aromatic rings. The summed E-state index contributed by atoms with van der Waals surface area (Å²) in [7, 11) is 0. The molecule has 0 saturated carbocycles. The molecule has 2 aliphatic rings. The van der Waals surface area contributed by atoms with Crippen molar-refractivity contribution in [1.29, 1.82) is 0 Å². The van der Waals surface area contributed by atoms with Crippen LogP contribution in [0.3, 0.4) is 0 Å². The summed E-state index contributed by atoms with van der Waals surface area (Å²) >= 11 is 0. The lowest BCUT2D eigenvalue weighted by Crippen LogP contribution is -2.58. The molecule has 5 rings (SSSR count). The van der Waals surface area contributed by atoms with Crippen LogP contribution < -0.4 is 9.80 Å². The van der Waals surface area contributed by atoms with Crippen LogP contribution in [0, 0.1) is 5.41 Å². The maximum absolute atomic E-state index is 13.0. The third-order valence-corrected chi connectivity index (χ3v) is 5.85. The van der Waals surface area contributed by atoms with Crippen molar-refractivity contribution in [1.82, 2.24) is 24.7 Å². The van der Waals surface area contributed by atoms with Gasteiger partial charge in [-0.25, -0.2) is 18.4 Å². The Bertz CT molecular complexity index is 1110. The number of rotatable bonds is 4. The van der Waals surface area contributed by atoms with Crippen LogP contribution in [0.2, 0.25) is 0 Å². The summed E-state index contributed by atoms with van der Waals surface area (Å²) in [5.41, 5.74) is -0.103. The standard InChI is InChI=1S/C19H18F5N7/c20-15(21)8-31-16-12(7-27-31)6-26-17(28-16)30-10-18(11-30)2-4-29(9-18)13-1-3-25-14(5-13)19(22,23)24/h1,3,5-7,15H,2,4,8-11H2. The van der Waals surface area contributed by atoms with Gasteiger partial charge in [-0.2, -0.15) is 23.3 Å². The van der Waals surface area contributed by atoms with E-state index in [1.165, 1.54) is 17.1 Å². The normalized spacial score (nSPS) is 18.4. The van der Waals surface area contributed by atoms with E-state index in [4.69, 9.17) is 0 Å². The minimum Gasteiger partial charge on any atom is -0.371 e. The largest absolute Gasteiger partial charge is 0.433 e. The first-order valence-electron chi connectivity index (χ1n) is 9.72. The van der Waals surface area contributed by atoms with Gasteiger partial charge in [0.2, 0.25) is 5.95 Å². The lowest BCUT2D eigenvalue weighted by molar-refractivity contribution is -0.141. The van der Waals surface area contributed by atoms with Crippen LogP contribution in [0.4, 0.5) is 33.6 Å². The van der Waals surface area contributed by atoms with Gasteiger partial charge in [-0.15, -0.1) is 0 Å². The summed E-state index contributed by atoms with van der Waals surface area (Å²) in [5, 5.41) is 4.53. The molecule has 7 nitrogen and oxygen atoms in total. The molecule has 0 unspecified atom stereocenters. The van der Waals surface area contributed by atoms with Crippen molar-refractivity contribution in [3.63, 3.8) is 0 Å². The zero-order chi connectivity index (χ0) is 21.8. The van der Waals surface area contributed by atoms with Gasteiger partial charge in [0.25, 0.3) is 6.43 Å². The zero-order valence-corrected chi connectivity index (χ0v) is 16.2. The Morgan fingerprint density at radius 3 is 2.58 bits per heavy atom. The first kappa shape index (κ1) is 19.9. The van der Waals surface area contributed by atoms with Crippen molar-refractivity contribution in [2.75, 3.05) is 36.0 Å². The summed E-state index contributed by atoms with van der Waals surface area (Å²) in [6.07, 6.45) is -1.98. The second-order valence-corrected chi connectivity index (χ2v) is 8.09. The van der Waals surface area contributed by atoms with Crippen molar-refractivity contribution >= 4 is 22.7 Å². The molecule has 2 fully saturated rings. The second-order valence-electron chi connectivity index (χ2n) is 8.09. The van der Waals surface area contributed by atoms with Crippen LogP contribution in [-0.4, -0.2) is 57.3 Å². The first-order valence-corrected chi connectivity index (χ1v) is 9.72. The summed E-state index contributed by atoms with van der Waals surface area (Å²) in [6.45, 7) is 2.03. The van der Waals surface area contributed by atoms with E-state index in [1.54, 1.807) is 12.3 Å². The molecular weight excluding hydrogens is 421 g/mol. The van der Waals surface area contributed by atoms with Crippen molar-refractivity contribution < 1.29 is 22.0 Å². The summed E-state index contributed by atoms with van der Waals surface area (Å²) in [6, 6.07) is 2.67. The van der Waals surface area contributed by atoms with E-state index in [2.05, 4.69) is 20.1 Å². The smallest absolute Gasteiger partial charge is 0.371 e. The SMILES string of the molecule is FC(F)Cn1ncc2cnc(N3CC4(CCN(c5ccnc(C(F)(F)F)c5)C4)C3)nc21. The van der Waals surface area contributed by atoms with Crippen molar-refractivity contribution in [3.05, 3.63) is 36.4 Å². The summed E-state index contributed by atoms with van der Waals surface area (Å²) in [4.78, 5) is 16.0. The number of pyridine rings is 1. The van der Waals surface area contributed by atoms with E-state index < -0.39 is 24.8 Å². The molecule has 12 heteroatoms. The molecule has 0 bridgehead atoms. The van der Waals surface area contributed by atoms with Crippen LogP contribution >= 0.6 is 0 Å². The molecule has 0 N–H and O–H groups in total. The van der Waals surface area contributed by atoms with Gasteiger partial charge in [0.1, 0.15) is 12.2 Å². The highest BCUT2D eigenvalue weighted by molar-refractivity contribution is 5.74. The third-order valence-electron chi connectivity index (χ3n) is 5.85. The maximum atomic E-state index is 13.0. The second kappa shape index (κ2) is 6.99. The quantitative estimate of drug-likeness (QED) is 0.582. The molecule has 0 atom stereocenters. The molecule has 0 radical (unpaired) electrons. The van der Waals surface area contributed by atoms with Crippen LogP contribution in [-0.2, 0) is 12.7 Å². The van der Waals surface area contributed by atoms with Gasteiger partial charge in [-0.05, 0) is 18.6 Å². The molecule has 31 heavy (non-hydrogen) atoms. The van der Waals surface area contributed by atoms with Crippen LogP contribution in [0.25, 0.3) is 11.0 Å². The highest BCUT2D eigenvalue weighted by Gasteiger charge is 2.49. The van der Waals surface area contributed by atoms with Crippen LogP contribution in [0.15, 0.2) is 30.7 Å². The van der Waals surface area contributed by atoms with Gasteiger partial charge < -0.3 is 9.80 Å². The number of anilines is 2. The molecule has 0 aromatic carbocycles. The average Bonchev–Trinajstić information content (AvgIpc) is 3.31. The summed E-state index contributed by atoms with van der Waals surface area (Å²) < 4.78 is 65.5. The van der Waals surface area contributed by atoms with Crippen molar-refractivity contribution in [2.45, 2.75) is 25.6 Å². The monoisotopic (exact) mass is 439 g/mol. The Balaban J connectivity index is 1.29. The highest BCUT2D eigenvalue weighted by Crippen LogP contribution is 2.43. The highest BCUT2D eigenvalue weighted by atomic mass is 19.4. The number of alkyl halides is 5. The van der Waals surface area contributed by atoms with E-state index in [0.717, 1.165) is 12.5 Å². The molecule has 1 spiro atoms. The first-order chi connectivity index (χ1) is 14.7. The Morgan fingerprint density at radius 2 is 1.84 bits per heavy atom. The molecular formula is C19H18F5N7. The van der Waals surface area contributed by atoms with Crippen LogP contribution in [0.5, 0.6) is 0 Å². The molecule has 164 valence electrons. The van der Waals surface area contributed by atoms with Crippen LogP contribution in [0.1, 0.15) is 12.1 Å². The molecule has 3 aromatic heterocycles. The topological polar surface area (TPSA) is 63.0 Å². The lowest BCUT2D eigenvalue weighted by atomic mass is 9.79. The van der Waals surface area contributed by atoms with Gasteiger partial charge in [0.05, 0.1) is 11.6 Å². The Hall–Kier alpha value is -3.05. The zero-order valence-electron chi connectivity index (χ0n) is 16.2.